The average Bonchev–Trinajstić information content (AvgIpc) is 2.02. The third-order valence-electron chi connectivity index (χ3n) is 3.52. The van der Waals surface area contributed by atoms with Gasteiger partial charge >= 0.3 is 0 Å². The second-order valence-corrected chi connectivity index (χ2v) is 4.62. The van der Waals surface area contributed by atoms with Crippen LogP contribution in [0.3, 0.4) is 0 Å². The van der Waals surface area contributed by atoms with Crippen LogP contribution in [0.4, 0.5) is 0 Å². The summed E-state index contributed by atoms with van der Waals surface area (Å²) in [6, 6.07) is 0. The second kappa shape index (κ2) is 2.88. The summed E-state index contributed by atoms with van der Waals surface area (Å²) in [5, 5.41) is 0. The molecule has 0 aromatic rings. The maximum atomic E-state index is 4.12. The van der Waals surface area contributed by atoms with Gasteiger partial charge in [0, 0.05) is 12.1 Å². The van der Waals surface area contributed by atoms with Crippen LogP contribution in [0, 0.1) is 0 Å². The largest absolute Gasteiger partial charge is 0.297 e. The lowest BCUT2D eigenvalue weighted by Crippen LogP contribution is -2.52. The van der Waals surface area contributed by atoms with Crippen molar-refractivity contribution in [3.05, 3.63) is 12.2 Å². The highest BCUT2D eigenvalue weighted by Crippen LogP contribution is 2.37. The van der Waals surface area contributed by atoms with Gasteiger partial charge in [0.15, 0.2) is 0 Å². The zero-order valence-electron chi connectivity index (χ0n) is 8.10. The normalized spacial score (nSPS) is 37.9. The molecule has 0 aromatic heterocycles. The molecule has 2 fully saturated rings. The Morgan fingerprint density at radius 2 is 2.17 bits per heavy atom. The van der Waals surface area contributed by atoms with Crippen LogP contribution in [-0.4, -0.2) is 23.5 Å². The van der Waals surface area contributed by atoms with Gasteiger partial charge in [0.05, 0.1) is 0 Å². The van der Waals surface area contributed by atoms with Gasteiger partial charge in [-0.25, -0.2) is 0 Å². The minimum absolute atomic E-state index is 0.480. The minimum atomic E-state index is 0.480. The smallest absolute Gasteiger partial charge is 0.0218 e. The van der Waals surface area contributed by atoms with Gasteiger partial charge in [-0.1, -0.05) is 18.6 Å². The predicted octanol–water partition coefficient (Wildman–Crippen LogP) is 2.58. The van der Waals surface area contributed by atoms with Crippen LogP contribution in [0.25, 0.3) is 0 Å². The van der Waals surface area contributed by atoms with Crippen molar-refractivity contribution in [1.29, 1.82) is 0 Å². The fraction of sp³-hybridized carbons (Fsp3) is 0.818. The fourth-order valence-corrected chi connectivity index (χ4v) is 2.74. The van der Waals surface area contributed by atoms with Gasteiger partial charge in [0.1, 0.15) is 0 Å². The van der Waals surface area contributed by atoms with Gasteiger partial charge in [0.25, 0.3) is 0 Å². The Morgan fingerprint density at radius 1 is 1.33 bits per heavy atom. The molecule has 0 radical (unpaired) electrons. The molecule has 0 aromatic carbocycles. The summed E-state index contributed by atoms with van der Waals surface area (Å²) in [7, 11) is 0. The van der Waals surface area contributed by atoms with E-state index in [0.29, 0.717) is 5.54 Å². The lowest BCUT2D eigenvalue weighted by molar-refractivity contribution is 0.0456. The van der Waals surface area contributed by atoms with Crippen molar-refractivity contribution in [1.82, 2.24) is 4.90 Å². The molecule has 1 atom stereocenters. The summed E-state index contributed by atoms with van der Waals surface area (Å²) < 4.78 is 0. The van der Waals surface area contributed by atoms with E-state index in [-0.39, 0.29) is 0 Å². The zero-order valence-corrected chi connectivity index (χ0v) is 8.10. The Hall–Kier alpha value is -0.300. The molecule has 1 nitrogen and oxygen atoms in total. The highest BCUT2D eigenvalue weighted by atomic mass is 15.2. The lowest BCUT2D eigenvalue weighted by Gasteiger charge is -2.49. The quantitative estimate of drug-likeness (QED) is 0.499. The first-order chi connectivity index (χ1) is 5.71. The summed E-state index contributed by atoms with van der Waals surface area (Å²) in [5.41, 5.74) is 1.95. The molecule has 0 bridgehead atoms. The van der Waals surface area contributed by atoms with Crippen molar-refractivity contribution in [3.8, 4) is 0 Å². The predicted molar refractivity (Wildman–Crippen MR) is 52.2 cm³/mol. The van der Waals surface area contributed by atoms with Crippen molar-refractivity contribution < 1.29 is 0 Å². The van der Waals surface area contributed by atoms with E-state index in [1.54, 1.807) is 0 Å². The Bertz CT molecular complexity index is 197. The van der Waals surface area contributed by atoms with Crippen LogP contribution in [-0.2, 0) is 0 Å². The van der Waals surface area contributed by atoms with Crippen LogP contribution < -0.4 is 0 Å². The van der Waals surface area contributed by atoms with E-state index >= 15 is 0 Å². The molecule has 1 unspecified atom stereocenters. The van der Waals surface area contributed by atoms with Gasteiger partial charge < -0.3 is 0 Å². The van der Waals surface area contributed by atoms with E-state index in [4.69, 9.17) is 0 Å². The summed E-state index contributed by atoms with van der Waals surface area (Å²) in [4.78, 5) is 2.67. The standard InChI is InChI=1S/C11H19N/c1-10-5-8-12-7-4-3-6-11(12,2)9-10/h1,3-9H2,2H3. The maximum Gasteiger partial charge on any atom is 0.0218 e. The number of rotatable bonds is 0. The third kappa shape index (κ3) is 1.31. The second-order valence-electron chi connectivity index (χ2n) is 4.62. The Balaban J connectivity index is 2.12. The van der Waals surface area contributed by atoms with Crippen molar-refractivity contribution in [2.45, 2.75) is 44.6 Å². The Kier molecular flexibility index (Phi) is 1.99. The van der Waals surface area contributed by atoms with Crippen molar-refractivity contribution in [3.63, 3.8) is 0 Å². The van der Waals surface area contributed by atoms with Crippen LogP contribution >= 0.6 is 0 Å². The minimum Gasteiger partial charge on any atom is -0.297 e. The van der Waals surface area contributed by atoms with E-state index in [1.807, 2.05) is 0 Å². The fourth-order valence-electron chi connectivity index (χ4n) is 2.74. The molecule has 0 aliphatic carbocycles. The number of fused-ring (bicyclic) bond motifs is 1. The van der Waals surface area contributed by atoms with Crippen molar-refractivity contribution in [2.24, 2.45) is 0 Å². The van der Waals surface area contributed by atoms with Gasteiger partial charge in [0.2, 0.25) is 0 Å². The summed E-state index contributed by atoms with van der Waals surface area (Å²) in [6.07, 6.45) is 6.68. The summed E-state index contributed by atoms with van der Waals surface area (Å²) in [6.45, 7) is 9.12. The van der Waals surface area contributed by atoms with Gasteiger partial charge in [-0.15, -0.1) is 0 Å². The van der Waals surface area contributed by atoms with Crippen LogP contribution in [0.2, 0.25) is 0 Å². The molecule has 0 N–H and O–H groups in total. The molecule has 0 spiro atoms. The van der Waals surface area contributed by atoms with Crippen molar-refractivity contribution >= 4 is 0 Å². The molecule has 2 rings (SSSR count). The number of hydrogen-bond acceptors (Lipinski definition) is 1. The average molecular weight is 165 g/mol. The molecule has 12 heavy (non-hydrogen) atoms. The maximum absolute atomic E-state index is 4.12. The van der Waals surface area contributed by atoms with Gasteiger partial charge in [-0.3, -0.25) is 4.90 Å². The first-order valence-electron chi connectivity index (χ1n) is 5.12. The zero-order chi connectivity index (χ0) is 8.60. The number of piperidine rings is 2. The van der Waals surface area contributed by atoms with Crippen LogP contribution in [0.5, 0.6) is 0 Å². The van der Waals surface area contributed by atoms with Gasteiger partial charge in [-0.05, 0) is 39.2 Å². The number of hydrogen-bond donors (Lipinski definition) is 0. The van der Waals surface area contributed by atoms with Crippen LogP contribution in [0.1, 0.15) is 39.0 Å². The Labute approximate surface area is 75.4 Å². The molecule has 0 amide bonds. The van der Waals surface area contributed by atoms with E-state index in [0.717, 1.165) is 0 Å². The molecule has 68 valence electrons. The summed E-state index contributed by atoms with van der Waals surface area (Å²) in [5.74, 6) is 0. The monoisotopic (exact) mass is 165 g/mol. The first-order valence-corrected chi connectivity index (χ1v) is 5.12. The van der Waals surface area contributed by atoms with E-state index in [2.05, 4.69) is 18.4 Å². The highest BCUT2D eigenvalue weighted by molar-refractivity contribution is 5.09. The van der Waals surface area contributed by atoms with Gasteiger partial charge in [-0.2, -0.15) is 0 Å². The molecular weight excluding hydrogens is 146 g/mol. The molecule has 2 aliphatic rings. The molecular formula is C11H19N. The third-order valence-corrected chi connectivity index (χ3v) is 3.52. The molecule has 1 heteroatoms. The first kappa shape index (κ1) is 8.31. The molecule has 0 saturated carbocycles. The van der Waals surface area contributed by atoms with Crippen LogP contribution in [0.15, 0.2) is 12.2 Å². The number of nitrogens with zero attached hydrogens (tertiary/aromatic N) is 1. The van der Waals surface area contributed by atoms with Crippen molar-refractivity contribution in [2.75, 3.05) is 13.1 Å². The SMILES string of the molecule is C=C1CCN2CCCCC2(C)C1. The van der Waals surface area contributed by atoms with E-state index in [1.165, 1.54) is 50.8 Å². The lowest BCUT2D eigenvalue weighted by atomic mass is 9.79. The Morgan fingerprint density at radius 3 is 3.00 bits per heavy atom. The molecule has 2 aliphatic heterocycles. The molecule has 2 saturated heterocycles. The summed E-state index contributed by atoms with van der Waals surface area (Å²) >= 11 is 0. The van der Waals surface area contributed by atoms with E-state index < -0.39 is 0 Å². The topological polar surface area (TPSA) is 3.24 Å². The molecule has 2 heterocycles. The highest BCUT2D eigenvalue weighted by Gasteiger charge is 2.36. The van der Waals surface area contributed by atoms with E-state index in [9.17, 15) is 0 Å².